The van der Waals surface area contributed by atoms with Crippen LogP contribution in [0.15, 0.2) is 29.5 Å². The molecule has 1 atom stereocenters. The van der Waals surface area contributed by atoms with Crippen LogP contribution in [0.1, 0.15) is 18.5 Å². The van der Waals surface area contributed by atoms with Crippen molar-refractivity contribution in [1.29, 1.82) is 0 Å². The minimum atomic E-state index is -1.05. The minimum Gasteiger partial charge on any atom is -0.463 e. The zero-order chi connectivity index (χ0) is 20.3. The first-order valence-corrected chi connectivity index (χ1v) is 9.22. The van der Waals surface area contributed by atoms with Gasteiger partial charge in [0.15, 0.2) is 11.6 Å². The number of esters is 1. The number of amides is 2. The van der Waals surface area contributed by atoms with Crippen LogP contribution < -0.4 is 10.6 Å². The Bertz CT molecular complexity index is 791. The van der Waals surface area contributed by atoms with Crippen LogP contribution in [0.4, 0.5) is 13.6 Å². The van der Waals surface area contributed by atoms with E-state index >= 15 is 0 Å². The number of nitrogens with one attached hydrogen (secondary N) is 2. The molecule has 1 aromatic rings. The summed E-state index contributed by atoms with van der Waals surface area (Å²) in [6.07, 6.45) is 0. The fraction of sp³-hybridized carbons (Fsp3) is 0.474. The average Bonchev–Trinajstić information content (AvgIpc) is 2.65. The van der Waals surface area contributed by atoms with Gasteiger partial charge < -0.3 is 20.3 Å². The average molecular weight is 394 g/mol. The number of hydrogen-bond donors (Lipinski definition) is 2. The number of piperazine rings is 1. The third kappa shape index (κ3) is 4.48. The largest absolute Gasteiger partial charge is 0.463 e. The SMILES string of the molecule is CCOC(=O)C1=C(CN2CCN(C)CC2)NC(=O)N[C@@H]1c1ccc(F)c(F)c1. The molecule has 0 aromatic heterocycles. The third-order valence-corrected chi connectivity index (χ3v) is 4.90. The van der Waals surface area contributed by atoms with E-state index in [9.17, 15) is 18.4 Å². The number of halogens is 2. The van der Waals surface area contributed by atoms with Gasteiger partial charge in [0.2, 0.25) is 0 Å². The topological polar surface area (TPSA) is 73.9 Å². The van der Waals surface area contributed by atoms with E-state index in [-0.39, 0.29) is 17.7 Å². The summed E-state index contributed by atoms with van der Waals surface area (Å²) in [4.78, 5) is 29.2. The van der Waals surface area contributed by atoms with Gasteiger partial charge in [-0.05, 0) is 31.7 Å². The number of benzene rings is 1. The van der Waals surface area contributed by atoms with Gasteiger partial charge in [0, 0.05) is 38.4 Å². The summed E-state index contributed by atoms with van der Waals surface area (Å²) in [5.41, 5.74) is 0.889. The standard InChI is InChI=1S/C19H24F2N4O3/c1-3-28-18(26)16-15(11-25-8-6-24(2)7-9-25)22-19(27)23-17(16)12-4-5-13(20)14(21)10-12/h4-5,10,17H,3,6-9,11H2,1-2H3,(H2,22,23,27)/t17-/m1/s1. The summed E-state index contributed by atoms with van der Waals surface area (Å²) < 4.78 is 32.3. The quantitative estimate of drug-likeness (QED) is 0.739. The van der Waals surface area contributed by atoms with Crippen molar-refractivity contribution < 1.29 is 23.1 Å². The van der Waals surface area contributed by atoms with Gasteiger partial charge >= 0.3 is 12.0 Å². The monoisotopic (exact) mass is 394 g/mol. The summed E-state index contributed by atoms with van der Waals surface area (Å²) in [5.74, 6) is -2.65. The maximum atomic E-state index is 13.8. The predicted molar refractivity (Wildman–Crippen MR) is 98.4 cm³/mol. The second-order valence-corrected chi connectivity index (χ2v) is 6.90. The predicted octanol–water partition coefficient (Wildman–Crippen LogP) is 1.38. The van der Waals surface area contributed by atoms with Crippen molar-refractivity contribution in [1.82, 2.24) is 20.4 Å². The van der Waals surface area contributed by atoms with Crippen molar-refractivity contribution in [2.75, 3.05) is 46.4 Å². The Morgan fingerprint density at radius 3 is 2.57 bits per heavy atom. The van der Waals surface area contributed by atoms with E-state index in [4.69, 9.17) is 4.74 Å². The molecule has 2 aliphatic heterocycles. The summed E-state index contributed by atoms with van der Waals surface area (Å²) in [6.45, 7) is 5.52. The highest BCUT2D eigenvalue weighted by Crippen LogP contribution is 2.29. The lowest BCUT2D eigenvalue weighted by molar-refractivity contribution is -0.139. The Morgan fingerprint density at radius 2 is 1.93 bits per heavy atom. The molecule has 7 nitrogen and oxygen atoms in total. The van der Waals surface area contributed by atoms with Crippen LogP contribution in [0.25, 0.3) is 0 Å². The Balaban J connectivity index is 1.97. The van der Waals surface area contributed by atoms with Crippen LogP contribution in [0.5, 0.6) is 0 Å². The molecule has 1 saturated heterocycles. The minimum absolute atomic E-state index is 0.155. The number of carbonyl (C=O) groups excluding carboxylic acids is 2. The number of likely N-dealkylation sites (N-methyl/N-ethyl adjacent to an activating group) is 1. The molecule has 0 aliphatic carbocycles. The summed E-state index contributed by atoms with van der Waals surface area (Å²) in [5, 5.41) is 5.31. The van der Waals surface area contributed by atoms with Gasteiger partial charge in [-0.1, -0.05) is 6.07 Å². The molecule has 28 heavy (non-hydrogen) atoms. The van der Waals surface area contributed by atoms with Crippen LogP contribution in [-0.2, 0) is 9.53 Å². The molecule has 0 spiro atoms. The van der Waals surface area contributed by atoms with Gasteiger partial charge in [0.25, 0.3) is 0 Å². The van der Waals surface area contributed by atoms with E-state index in [0.717, 1.165) is 38.3 Å². The lowest BCUT2D eigenvalue weighted by Gasteiger charge is -2.35. The van der Waals surface area contributed by atoms with Crippen LogP contribution >= 0.6 is 0 Å². The second kappa shape index (κ2) is 8.66. The molecule has 2 N–H and O–H groups in total. The molecule has 1 fully saturated rings. The Labute approximate surface area is 162 Å². The van der Waals surface area contributed by atoms with Crippen LogP contribution in [0.2, 0.25) is 0 Å². The molecule has 3 rings (SSSR count). The lowest BCUT2D eigenvalue weighted by Crippen LogP contribution is -2.51. The molecule has 152 valence electrons. The van der Waals surface area contributed by atoms with Gasteiger partial charge in [-0.3, -0.25) is 4.90 Å². The summed E-state index contributed by atoms with van der Waals surface area (Å²) in [7, 11) is 2.03. The Hall–Kier alpha value is -2.52. The Kier molecular flexibility index (Phi) is 6.25. The molecule has 0 radical (unpaired) electrons. The highest BCUT2D eigenvalue weighted by Gasteiger charge is 2.35. The number of ether oxygens (including phenoxy) is 1. The number of nitrogens with zero attached hydrogens (tertiary/aromatic N) is 2. The number of carbonyl (C=O) groups is 2. The normalized spacial score (nSPS) is 21.3. The van der Waals surface area contributed by atoms with E-state index in [1.165, 1.54) is 6.07 Å². The van der Waals surface area contributed by atoms with E-state index < -0.39 is 29.7 Å². The van der Waals surface area contributed by atoms with E-state index in [1.807, 2.05) is 7.05 Å². The number of urea groups is 1. The highest BCUT2D eigenvalue weighted by molar-refractivity contribution is 5.95. The van der Waals surface area contributed by atoms with Crippen molar-refractivity contribution in [3.8, 4) is 0 Å². The van der Waals surface area contributed by atoms with E-state index in [0.29, 0.717) is 12.2 Å². The lowest BCUT2D eigenvalue weighted by atomic mass is 9.94. The first kappa shape index (κ1) is 20.2. The first-order chi connectivity index (χ1) is 13.4. The van der Waals surface area contributed by atoms with Gasteiger partial charge in [-0.2, -0.15) is 0 Å². The van der Waals surface area contributed by atoms with Gasteiger partial charge in [-0.15, -0.1) is 0 Å². The molecule has 2 amide bonds. The maximum Gasteiger partial charge on any atom is 0.338 e. The second-order valence-electron chi connectivity index (χ2n) is 6.90. The summed E-state index contributed by atoms with van der Waals surface area (Å²) >= 11 is 0. The molecular formula is C19H24F2N4O3. The fourth-order valence-electron chi connectivity index (χ4n) is 3.36. The van der Waals surface area contributed by atoms with Crippen LogP contribution in [0, 0.1) is 11.6 Å². The number of hydrogen-bond acceptors (Lipinski definition) is 5. The fourth-order valence-corrected chi connectivity index (χ4v) is 3.36. The van der Waals surface area contributed by atoms with Crippen molar-refractivity contribution in [3.05, 3.63) is 46.7 Å². The molecule has 2 aliphatic rings. The molecule has 0 unspecified atom stereocenters. The van der Waals surface area contributed by atoms with E-state index in [1.54, 1.807) is 6.92 Å². The summed E-state index contributed by atoms with van der Waals surface area (Å²) in [6, 6.07) is 1.87. The number of rotatable bonds is 5. The highest BCUT2D eigenvalue weighted by atomic mass is 19.2. The van der Waals surface area contributed by atoms with Crippen molar-refractivity contribution in [2.45, 2.75) is 13.0 Å². The molecule has 0 saturated carbocycles. The molecule has 2 heterocycles. The molecule has 0 bridgehead atoms. The van der Waals surface area contributed by atoms with Gasteiger partial charge in [-0.25, -0.2) is 18.4 Å². The van der Waals surface area contributed by atoms with Crippen LogP contribution in [0.3, 0.4) is 0 Å². The molecule has 1 aromatic carbocycles. The van der Waals surface area contributed by atoms with Gasteiger partial charge in [0.1, 0.15) is 0 Å². The van der Waals surface area contributed by atoms with Gasteiger partial charge in [0.05, 0.1) is 18.2 Å². The Morgan fingerprint density at radius 1 is 1.21 bits per heavy atom. The van der Waals surface area contributed by atoms with E-state index in [2.05, 4.69) is 20.4 Å². The molecular weight excluding hydrogens is 370 g/mol. The van der Waals surface area contributed by atoms with Crippen LogP contribution in [-0.4, -0.2) is 68.2 Å². The van der Waals surface area contributed by atoms with Crippen molar-refractivity contribution in [3.63, 3.8) is 0 Å². The molecule has 9 heteroatoms. The zero-order valence-corrected chi connectivity index (χ0v) is 15.9. The maximum absolute atomic E-state index is 13.8. The van der Waals surface area contributed by atoms with Crippen molar-refractivity contribution in [2.24, 2.45) is 0 Å². The first-order valence-electron chi connectivity index (χ1n) is 9.22. The van der Waals surface area contributed by atoms with Crippen molar-refractivity contribution >= 4 is 12.0 Å². The zero-order valence-electron chi connectivity index (χ0n) is 15.9. The smallest absolute Gasteiger partial charge is 0.338 e. The third-order valence-electron chi connectivity index (χ3n) is 4.90.